The van der Waals surface area contributed by atoms with E-state index in [9.17, 15) is 0 Å². The van der Waals surface area contributed by atoms with Crippen molar-refractivity contribution in [3.63, 3.8) is 0 Å². The Kier molecular flexibility index (Phi) is 2.59. The number of nitrogens with one attached hydrogen (secondary N) is 1. The molecule has 1 aliphatic carbocycles. The van der Waals surface area contributed by atoms with Crippen LogP contribution >= 0.6 is 0 Å². The summed E-state index contributed by atoms with van der Waals surface area (Å²) < 4.78 is 4.76. The van der Waals surface area contributed by atoms with Gasteiger partial charge in [-0.15, -0.1) is 0 Å². The number of fused-ring (bicyclic) bond motifs is 1. The van der Waals surface area contributed by atoms with Crippen molar-refractivity contribution in [2.75, 3.05) is 11.1 Å². The molecule has 0 bridgehead atoms. The fourth-order valence-corrected chi connectivity index (χ4v) is 2.47. The summed E-state index contributed by atoms with van der Waals surface area (Å²) in [6.07, 6.45) is 6.38. The van der Waals surface area contributed by atoms with Crippen LogP contribution < -0.4 is 11.1 Å². The van der Waals surface area contributed by atoms with Gasteiger partial charge in [0, 0.05) is 6.04 Å². The zero-order valence-corrected chi connectivity index (χ0v) is 9.65. The maximum atomic E-state index is 5.81. The van der Waals surface area contributed by atoms with Gasteiger partial charge in [0.25, 0.3) is 0 Å². The smallest absolute Gasteiger partial charge is 0.160 e. The molecule has 5 heteroatoms. The van der Waals surface area contributed by atoms with Crippen LogP contribution in [0.3, 0.4) is 0 Å². The number of hydrogen-bond donors (Lipinski definition) is 2. The van der Waals surface area contributed by atoms with Crippen LogP contribution in [0.1, 0.15) is 32.1 Å². The van der Waals surface area contributed by atoms with Crippen molar-refractivity contribution in [3.8, 4) is 0 Å². The van der Waals surface area contributed by atoms with Gasteiger partial charge in [-0.25, -0.2) is 4.63 Å². The number of rotatable bonds is 2. The van der Waals surface area contributed by atoms with Crippen LogP contribution in [0.5, 0.6) is 0 Å². The Morgan fingerprint density at radius 1 is 1.12 bits per heavy atom. The maximum Gasteiger partial charge on any atom is 0.160 e. The monoisotopic (exact) mass is 232 g/mol. The summed E-state index contributed by atoms with van der Waals surface area (Å²) in [5, 5.41) is 11.3. The van der Waals surface area contributed by atoms with Gasteiger partial charge in [-0.2, -0.15) is 0 Å². The third-order valence-electron chi connectivity index (χ3n) is 3.41. The number of nitrogens with two attached hydrogens (primary N) is 1. The first-order valence-corrected chi connectivity index (χ1v) is 6.12. The lowest BCUT2D eigenvalue weighted by Crippen LogP contribution is -2.22. The molecule has 1 heterocycles. The highest BCUT2D eigenvalue weighted by atomic mass is 16.6. The second-order valence-corrected chi connectivity index (χ2v) is 4.64. The van der Waals surface area contributed by atoms with E-state index in [1.54, 1.807) is 0 Å². The molecule has 1 aliphatic rings. The molecule has 2 aromatic rings. The van der Waals surface area contributed by atoms with Gasteiger partial charge in [-0.1, -0.05) is 19.3 Å². The molecule has 0 saturated heterocycles. The summed E-state index contributed by atoms with van der Waals surface area (Å²) in [5.41, 5.74) is 8.77. The van der Waals surface area contributed by atoms with E-state index in [0.717, 1.165) is 11.2 Å². The van der Waals surface area contributed by atoms with Crippen molar-refractivity contribution in [1.29, 1.82) is 0 Å². The van der Waals surface area contributed by atoms with E-state index in [4.69, 9.17) is 10.4 Å². The van der Waals surface area contributed by atoms with Crippen molar-refractivity contribution in [2.45, 2.75) is 38.1 Å². The molecule has 17 heavy (non-hydrogen) atoms. The second kappa shape index (κ2) is 4.24. The summed E-state index contributed by atoms with van der Waals surface area (Å²) in [7, 11) is 0. The molecular formula is C12H16N4O. The van der Waals surface area contributed by atoms with Crippen LogP contribution in [0.15, 0.2) is 16.8 Å². The molecule has 1 aromatic heterocycles. The zero-order valence-electron chi connectivity index (χ0n) is 9.65. The molecule has 0 atom stereocenters. The molecule has 0 radical (unpaired) electrons. The molecule has 0 amide bonds. The Morgan fingerprint density at radius 3 is 2.71 bits per heavy atom. The van der Waals surface area contributed by atoms with Crippen LogP contribution in [0.25, 0.3) is 11.0 Å². The minimum Gasteiger partial charge on any atom is -0.397 e. The van der Waals surface area contributed by atoms with E-state index in [1.165, 1.54) is 32.1 Å². The van der Waals surface area contributed by atoms with Gasteiger partial charge in [-0.05, 0) is 35.3 Å². The summed E-state index contributed by atoms with van der Waals surface area (Å²) >= 11 is 0. The average molecular weight is 232 g/mol. The molecule has 1 fully saturated rings. The van der Waals surface area contributed by atoms with E-state index >= 15 is 0 Å². The predicted octanol–water partition coefficient (Wildman–Crippen LogP) is 2.55. The van der Waals surface area contributed by atoms with Crippen molar-refractivity contribution >= 4 is 22.4 Å². The number of anilines is 2. The number of aromatic nitrogens is 2. The number of nitrogen functional groups attached to an aromatic ring is 1. The minimum absolute atomic E-state index is 0.535. The fraction of sp³-hybridized carbons (Fsp3) is 0.500. The number of nitrogens with zero attached hydrogens (tertiary/aromatic N) is 2. The molecule has 0 aliphatic heterocycles. The highest BCUT2D eigenvalue weighted by molar-refractivity contribution is 5.95. The summed E-state index contributed by atoms with van der Waals surface area (Å²) in [6, 6.07) is 4.33. The largest absolute Gasteiger partial charge is 0.397 e. The van der Waals surface area contributed by atoms with Crippen LogP contribution in [-0.2, 0) is 0 Å². The van der Waals surface area contributed by atoms with Gasteiger partial charge >= 0.3 is 0 Å². The second-order valence-electron chi connectivity index (χ2n) is 4.64. The highest BCUT2D eigenvalue weighted by Gasteiger charge is 2.16. The quantitative estimate of drug-likeness (QED) is 0.778. The van der Waals surface area contributed by atoms with Crippen molar-refractivity contribution in [1.82, 2.24) is 10.3 Å². The molecule has 1 aromatic carbocycles. The van der Waals surface area contributed by atoms with Crippen LogP contribution in [0, 0.1) is 0 Å². The summed E-state index contributed by atoms with van der Waals surface area (Å²) in [4.78, 5) is 0. The Hall–Kier alpha value is -1.78. The number of benzene rings is 1. The van der Waals surface area contributed by atoms with E-state index < -0.39 is 0 Å². The lowest BCUT2D eigenvalue weighted by molar-refractivity contribution is 0.315. The molecule has 90 valence electrons. The van der Waals surface area contributed by atoms with Crippen LogP contribution in [0.2, 0.25) is 0 Å². The third kappa shape index (κ3) is 1.92. The Balaban J connectivity index is 1.89. The number of hydrogen-bond acceptors (Lipinski definition) is 5. The lowest BCUT2D eigenvalue weighted by Gasteiger charge is -2.23. The van der Waals surface area contributed by atoms with Crippen molar-refractivity contribution in [3.05, 3.63) is 12.1 Å². The molecular weight excluding hydrogens is 216 g/mol. The Bertz CT molecular complexity index is 516. The molecule has 3 rings (SSSR count). The Labute approximate surface area is 99.3 Å². The van der Waals surface area contributed by atoms with E-state index in [2.05, 4.69) is 15.6 Å². The van der Waals surface area contributed by atoms with E-state index in [1.807, 2.05) is 12.1 Å². The first-order chi connectivity index (χ1) is 8.34. The van der Waals surface area contributed by atoms with Gasteiger partial charge in [0.1, 0.15) is 0 Å². The van der Waals surface area contributed by atoms with Crippen LogP contribution in [0.4, 0.5) is 11.4 Å². The van der Waals surface area contributed by atoms with Gasteiger partial charge in [0.15, 0.2) is 11.0 Å². The third-order valence-corrected chi connectivity index (χ3v) is 3.41. The van der Waals surface area contributed by atoms with Gasteiger partial charge < -0.3 is 11.1 Å². The standard InChI is InChI=1S/C12H16N4O/c13-9-6-7-10(12-11(9)15-17-16-12)14-8-4-2-1-3-5-8/h6-8,14H,1-5,13H2. The fourth-order valence-electron chi connectivity index (χ4n) is 2.47. The zero-order chi connectivity index (χ0) is 11.7. The van der Waals surface area contributed by atoms with Gasteiger partial charge in [0.05, 0.1) is 11.4 Å². The van der Waals surface area contributed by atoms with Gasteiger partial charge in [-0.3, -0.25) is 0 Å². The molecule has 0 spiro atoms. The molecule has 1 saturated carbocycles. The van der Waals surface area contributed by atoms with Crippen molar-refractivity contribution < 1.29 is 4.63 Å². The SMILES string of the molecule is Nc1ccc(NC2CCCCC2)c2nonc12. The first kappa shape index (κ1) is 10.4. The topological polar surface area (TPSA) is 77.0 Å². The predicted molar refractivity (Wildman–Crippen MR) is 66.7 cm³/mol. The lowest BCUT2D eigenvalue weighted by atomic mass is 9.95. The summed E-state index contributed by atoms with van der Waals surface area (Å²) in [6.45, 7) is 0. The average Bonchev–Trinajstić information content (AvgIpc) is 2.84. The Morgan fingerprint density at radius 2 is 1.88 bits per heavy atom. The normalized spacial score (nSPS) is 17.4. The first-order valence-electron chi connectivity index (χ1n) is 6.12. The summed E-state index contributed by atoms with van der Waals surface area (Å²) in [5.74, 6) is 0. The molecule has 0 unspecified atom stereocenters. The molecule has 5 nitrogen and oxygen atoms in total. The van der Waals surface area contributed by atoms with E-state index in [-0.39, 0.29) is 0 Å². The van der Waals surface area contributed by atoms with Gasteiger partial charge in [0.2, 0.25) is 0 Å². The molecule has 3 N–H and O–H groups in total. The van der Waals surface area contributed by atoms with Crippen molar-refractivity contribution in [2.24, 2.45) is 0 Å². The van der Waals surface area contributed by atoms with Crippen LogP contribution in [-0.4, -0.2) is 16.4 Å². The maximum absolute atomic E-state index is 5.81. The van der Waals surface area contributed by atoms with E-state index in [0.29, 0.717) is 17.2 Å². The highest BCUT2D eigenvalue weighted by Crippen LogP contribution is 2.28. The minimum atomic E-state index is 0.535.